The monoisotopic (exact) mass is 506 g/mol. The molecule has 0 radical (unpaired) electrons. The van der Waals surface area contributed by atoms with Crippen LogP contribution in [0.15, 0.2) is 18.2 Å². The number of rotatable bonds is 7. The number of hydrogen-bond donors (Lipinski definition) is 1. The summed E-state index contributed by atoms with van der Waals surface area (Å²) < 4.78 is 19.9. The number of piperidine rings is 1. The smallest absolute Gasteiger partial charge is 0.254 e. The van der Waals surface area contributed by atoms with Gasteiger partial charge >= 0.3 is 0 Å². The Balaban J connectivity index is 1.98. The zero-order chi connectivity index (χ0) is 20.2. The lowest BCUT2D eigenvalue weighted by atomic mass is 10.0. The van der Waals surface area contributed by atoms with E-state index in [-0.39, 0.29) is 31.0 Å². The Morgan fingerprint density at radius 2 is 2.07 bits per heavy atom. The number of imide groups is 1. The molecule has 2 rings (SSSR count). The van der Waals surface area contributed by atoms with E-state index >= 15 is 0 Å². The molecule has 0 saturated carbocycles. The quantitative estimate of drug-likeness (QED) is 0.267. The van der Waals surface area contributed by atoms with E-state index in [0.717, 1.165) is 10.9 Å². The summed E-state index contributed by atoms with van der Waals surface area (Å²) in [6, 6.07) is 4.55. The number of hydrogen-bond acceptors (Lipinski definition) is 4. The zero-order valence-corrected chi connectivity index (χ0v) is 18.8. The molecule has 1 aliphatic rings. The van der Waals surface area contributed by atoms with Crippen LogP contribution in [0, 0.1) is 9.39 Å². The van der Waals surface area contributed by atoms with E-state index in [4.69, 9.17) is 4.74 Å². The third kappa shape index (κ3) is 6.08. The van der Waals surface area contributed by atoms with Crippen LogP contribution in [0.2, 0.25) is 25.7 Å². The van der Waals surface area contributed by atoms with Gasteiger partial charge in [-0.15, -0.1) is 0 Å². The summed E-state index contributed by atoms with van der Waals surface area (Å²) in [7, 11) is -1.27. The summed E-state index contributed by atoms with van der Waals surface area (Å²) in [5.74, 6) is -2.13. The maximum Gasteiger partial charge on any atom is 0.254 e. The molecule has 1 heterocycles. The molecule has 0 aliphatic carbocycles. The lowest BCUT2D eigenvalue weighted by molar-refractivity contribution is -0.156. The molecule has 1 N–H and O–H groups in total. The summed E-state index contributed by atoms with van der Waals surface area (Å²) in [5, 5.41) is 2.54. The standard InChI is InChI=1S/C18H24FIN2O4Si/c1-27(2,3)10-9-26-11-22-15(23)8-7-14(18(22)25)21-17(24)12-5-4-6-13(20)16(12)19/h4-6,14H,7-11H2,1-3H3,(H,21,24). The molecule has 0 bridgehead atoms. The predicted molar refractivity (Wildman–Crippen MR) is 110 cm³/mol. The number of halogens is 2. The fraction of sp³-hybridized carbons (Fsp3) is 0.500. The van der Waals surface area contributed by atoms with E-state index in [1.807, 2.05) is 0 Å². The van der Waals surface area contributed by atoms with Crippen LogP contribution < -0.4 is 5.32 Å². The second kappa shape index (κ2) is 9.24. The average molecular weight is 506 g/mol. The van der Waals surface area contributed by atoms with E-state index < -0.39 is 31.7 Å². The normalized spacial score (nSPS) is 18.0. The molecule has 1 saturated heterocycles. The second-order valence-electron chi connectivity index (χ2n) is 7.67. The lowest BCUT2D eigenvalue weighted by Gasteiger charge is -2.31. The van der Waals surface area contributed by atoms with E-state index in [1.54, 1.807) is 34.7 Å². The summed E-state index contributed by atoms with van der Waals surface area (Å²) in [4.78, 5) is 38.0. The van der Waals surface area contributed by atoms with Gasteiger partial charge < -0.3 is 10.1 Å². The highest BCUT2D eigenvalue weighted by atomic mass is 127. The van der Waals surface area contributed by atoms with Crippen LogP contribution in [0.4, 0.5) is 4.39 Å². The molecule has 0 aromatic heterocycles. The molecule has 0 spiro atoms. The van der Waals surface area contributed by atoms with Crippen molar-refractivity contribution in [3.8, 4) is 0 Å². The van der Waals surface area contributed by atoms with Gasteiger partial charge in [-0.2, -0.15) is 0 Å². The number of benzene rings is 1. The molecule has 6 nitrogen and oxygen atoms in total. The predicted octanol–water partition coefficient (Wildman–Crippen LogP) is 2.99. The number of carbonyl (C=O) groups is 3. The largest absolute Gasteiger partial charge is 0.361 e. The van der Waals surface area contributed by atoms with Crippen molar-refractivity contribution in [1.29, 1.82) is 0 Å². The molecule has 9 heteroatoms. The van der Waals surface area contributed by atoms with Crippen molar-refractivity contribution >= 4 is 48.4 Å². The van der Waals surface area contributed by atoms with Crippen molar-refractivity contribution < 1.29 is 23.5 Å². The van der Waals surface area contributed by atoms with Crippen molar-refractivity contribution in [2.45, 2.75) is 44.6 Å². The Bertz CT molecular complexity index is 739. The molecule has 1 fully saturated rings. The number of nitrogens with zero attached hydrogens (tertiary/aromatic N) is 1. The number of carbonyl (C=O) groups excluding carboxylic acids is 3. The highest BCUT2D eigenvalue weighted by Crippen LogP contribution is 2.18. The molecule has 3 amide bonds. The Kier molecular flexibility index (Phi) is 7.52. The van der Waals surface area contributed by atoms with Gasteiger partial charge in [0.15, 0.2) is 0 Å². The fourth-order valence-electron chi connectivity index (χ4n) is 2.56. The highest BCUT2D eigenvalue weighted by molar-refractivity contribution is 14.1. The van der Waals surface area contributed by atoms with Crippen LogP contribution in [0.1, 0.15) is 23.2 Å². The molecule has 148 valence electrons. The van der Waals surface area contributed by atoms with Gasteiger partial charge in [-0.25, -0.2) is 4.39 Å². The first-order chi connectivity index (χ1) is 12.6. The molecule has 27 heavy (non-hydrogen) atoms. The average Bonchev–Trinajstić information content (AvgIpc) is 2.58. The Labute approximate surface area is 173 Å². The Morgan fingerprint density at radius 3 is 2.74 bits per heavy atom. The summed E-state index contributed by atoms with van der Waals surface area (Å²) in [6.07, 6.45) is 0.323. The third-order valence-electron chi connectivity index (χ3n) is 4.23. The summed E-state index contributed by atoms with van der Waals surface area (Å²) in [6.45, 7) is 7.00. The maximum absolute atomic E-state index is 14.1. The van der Waals surface area contributed by atoms with E-state index in [9.17, 15) is 18.8 Å². The van der Waals surface area contributed by atoms with Crippen molar-refractivity contribution in [3.63, 3.8) is 0 Å². The zero-order valence-electron chi connectivity index (χ0n) is 15.7. The third-order valence-corrected chi connectivity index (χ3v) is 6.77. The lowest BCUT2D eigenvalue weighted by Crippen LogP contribution is -2.55. The van der Waals surface area contributed by atoms with Crippen LogP contribution in [0.5, 0.6) is 0 Å². The van der Waals surface area contributed by atoms with Gasteiger partial charge in [0.2, 0.25) is 5.91 Å². The molecule has 1 aromatic rings. The summed E-state index contributed by atoms with van der Waals surface area (Å²) >= 11 is 1.80. The first-order valence-corrected chi connectivity index (χ1v) is 13.6. The van der Waals surface area contributed by atoms with E-state index in [1.165, 1.54) is 6.07 Å². The van der Waals surface area contributed by atoms with E-state index in [2.05, 4.69) is 25.0 Å². The minimum absolute atomic E-state index is 0.119. The SMILES string of the molecule is C[Si](C)(C)CCOCN1C(=O)CCC(NC(=O)c2cccc(I)c2F)C1=O. The van der Waals surface area contributed by atoms with Gasteiger partial charge in [0, 0.05) is 24.7 Å². The van der Waals surface area contributed by atoms with Gasteiger partial charge in [-0.3, -0.25) is 19.3 Å². The van der Waals surface area contributed by atoms with Crippen LogP contribution in [0.25, 0.3) is 0 Å². The molecule has 1 aliphatic heterocycles. The van der Waals surface area contributed by atoms with Crippen LogP contribution in [-0.2, 0) is 14.3 Å². The van der Waals surface area contributed by atoms with Crippen molar-refractivity contribution in [1.82, 2.24) is 10.2 Å². The first-order valence-electron chi connectivity index (χ1n) is 8.77. The molecular weight excluding hydrogens is 482 g/mol. The maximum atomic E-state index is 14.1. The number of amides is 3. The van der Waals surface area contributed by atoms with Crippen LogP contribution >= 0.6 is 22.6 Å². The molecule has 1 aromatic carbocycles. The van der Waals surface area contributed by atoms with Gasteiger partial charge in [-0.1, -0.05) is 25.7 Å². The molecule has 1 unspecified atom stereocenters. The number of nitrogens with one attached hydrogen (secondary N) is 1. The van der Waals surface area contributed by atoms with Gasteiger partial charge in [0.25, 0.3) is 11.8 Å². The van der Waals surface area contributed by atoms with Gasteiger partial charge in [-0.05, 0) is 47.2 Å². The minimum Gasteiger partial charge on any atom is -0.361 e. The van der Waals surface area contributed by atoms with Gasteiger partial charge in [0.1, 0.15) is 18.6 Å². The van der Waals surface area contributed by atoms with Crippen molar-refractivity contribution in [2.24, 2.45) is 0 Å². The second-order valence-corrected chi connectivity index (χ2v) is 14.5. The van der Waals surface area contributed by atoms with Gasteiger partial charge in [0.05, 0.1) is 5.56 Å². The Hall–Kier alpha value is -1.33. The number of ether oxygens (including phenoxy) is 1. The Morgan fingerprint density at radius 1 is 1.37 bits per heavy atom. The molecular formula is C18H24FIN2O4Si. The summed E-state index contributed by atoms with van der Waals surface area (Å²) in [5.41, 5.74) is -0.121. The molecule has 1 atom stereocenters. The highest BCUT2D eigenvalue weighted by Gasteiger charge is 2.35. The van der Waals surface area contributed by atoms with Crippen molar-refractivity contribution in [3.05, 3.63) is 33.1 Å². The van der Waals surface area contributed by atoms with Crippen LogP contribution in [0.3, 0.4) is 0 Å². The minimum atomic E-state index is -1.27. The van der Waals surface area contributed by atoms with Crippen molar-refractivity contribution in [2.75, 3.05) is 13.3 Å². The van der Waals surface area contributed by atoms with Crippen LogP contribution in [-0.4, -0.2) is 50.1 Å². The van der Waals surface area contributed by atoms with E-state index in [0.29, 0.717) is 10.2 Å². The fourth-order valence-corrected chi connectivity index (χ4v) is 3.81. The first kappa shape index (κ1) is 22.0. The topological polar surface area (TPSA) is 75.7 Å². The number of likely N-dealkylation sites (tertiary alicyclic amines) is 1.